The molecule has 6 heteroatoms. The van der Waals surface area contributed by atoms with E-state index in [-0.39, 0.29) is 5.75 Å². The molecule has 5 nitrogen and oxygen atoms in total. The van der Waals surface area contributed by atoms with Gasteiger partial charge in [0.05, 0.1) is 17.6 Å². The number of hydrogen-bond donors (Lipinski definition) is 1. The first-order chi connectivity index (χ1) is 11.3. The molecule has 1 fully saturated rings. The van der Waals surface area contributed by atoms with Crippen molar-refractivity contribution in [2.75, 3.05) is 0 Å². The number of benzene rings is 1. The van der Waals surface area contributed by atoms with Crippen molar-refractivity contribution >= 4 is 17.4 Å². The van der Waals surface area contributed by atoms with Gasteiger partial charge in [0.1, 0.15) is 10.8 Å². The van der Waals surface area contributed by atoms with E-state index in [1.54, 1.807) is 18.6 Å². The third-order valence-corrected chi connectivity index (χ3v) is 4.93. The highest BCUT2D eigenvalue weighted by molar-refractivity contribution is 7.15. The Labute approximate surface area is 138 Å². The second kappa shape index (κ2) is 5.96. The van der Waals surface area contributed by atoms with Crippen molar-refractivity contribution in [2.24, 2.45) is 0 Å². The van der Waals surface area contributed by atoms with Crippen molar-refractivity contribution < 1.29 is 5.11 Å². The Kier molecular flexibility index (Phi) is 3.67. The molecule has 0 saturated heterocycles. The second-order valence-corrected chi connectivity index (χ2v) is 6.64. The minimum Gasteiger partial charge on any atom is -0.507 e. The van der Waals surface area contributed by atoms with Crippen LogP contribution in [0.15, 0.2) is 42.5 Å². The van der Waals surface area contributed by atoms with E-state index in [1.807, 2.05) is 22.9 Å². The summed E-state index contributed by atoms with van der Waals surface area (Å²) >= 11 is 1.51. The predicted molar refractivity (Wildman–Crippen MR) is 90.6 cm³/mol. The van der Waals surface area contributed by atoms with Crippen LogP contribution in [0, 0.1) is 0 Å². The standard InChI is InChI=1S/C17H16N4OS/c22-15-10-13(21-8-7-18-11-21)5-6-14(15)17-20-19-16(23-17)9-12-3-1-2-4-12/h5-11,22H,1-4H2. The number of allylic oxidation sites excluding steroid dienone is 1. The van der Waals surface area contributed by atoms with Gasteiger partial charge in [-0.25, -0.2) is 4.98 Å². The molecular formula is C17H16N4OS. The van der Waals surface area contributed by atoms with Gasteiger partial charge in [-0.2, -0.15) is 0 Å². The van der Waals surface area contributed by atoms with Crippen LogP contribution in [-0.2, 0) is 0 Å². The number of aromatic hydroxyl groups is 1. The van der Waals surface area contributed by atoms with Crippen molar-refractivity contribution in [3.05, 3.63) is 47.5 Å². The molecule has 1 aliphatic carbocycles. The number of hydrogen-bond acceptors (Lipinski definition) is 5. The fraction of sp³-hybridized carbons (Fsp3) is 0.235. The van der Waals surface area contributed by atoms with Gasteiger partial charge in [0, 0.05) is 18.5 Å². The molecule has 0 spiro atoms. The normalized spacial score (nSPS) is 14.3. The molecule has 3 aromatic rings. The van der Waals surface area contributed by atoms with Gasteiger partial charge < -0.3 is 9.67 Å². The zero-order valence-electron chi connectivity index (χ0n) is 12.5. The molecule has 0 unspecified atom stereocenters. The lowest BCUT2D eigenvalue weighted by molar-refractivity contribution is 0.477. The summed E-state index contributed by atoms with van der Waals surface area (Å²) in [4.78, 5) is 4.02. The average Bonchev–Trinajstić information content (AvgIpc) is 3.30. The topological polar surface area (TPSA) is 63.8 Å². The van der Waals surface area contributed by atoms with Crippen molar-refractivity contribution in [1.82, 2.24) is 19.7 Å². The van der Waals surface area contributed by atoms with Crippen molar-refractivity contribution in [1.29, 1.82) is 0 Å². The molecule has 0 bridgehead atoms. The molecule has 1 aliphatic rings. The van der Waals surface area contributed by atoms with Crippen molar-refractivity contribution in [2.45, 2.75) is 25.7 Å². The highest BCUT2D eigenvalue weighted by Gasteiger charge is 2.13. The van der Waals surface area contributed by atoms with Gasteiger partial charge in [-0.1, -0.05) is 16.9 Å². The summed E-state index contributed by atoms with van der Waals surface area (Å²) < 4.78 is 1.85. The largest absolute Gasteiger partial charge is 0.507 e. The molecule has 0 radical (unpaired) electrons. The minimum absolute atomic E-state index is 0.201. The summed E-state index contributed by atoms with van der Waals surface area (Å²) in [5, 5.41) is 20.4. The van der Waals surface area contributed by atoms with E-state index in [9.17, 15) is 5.11 Å². The molecule has 23 heavy (non-hydrogen) atoms. The lowest BCUT2D eigenvalue weighted by Gasteiger charge is -2.05. The lowest BCUT2D eigenvalue weighted by atomic mass is 10.2. The number of rotatable bonds is 3. The van der Waals surface area contributed by atoms with Crippen LogP contribution in [0.4, 0.5) is 0 Å². The number of nitrogens with zero attached hydrogens (tertiary/aromatic N) is 4. The maximum atomic E-state index is 10.3. The molecular weight excluding hydrogens is 308 g/mol. The summed E-state index contributed by atoms with van der Waals surface area (Å²) in [7, 11) is 0. The van der Waals surface area contributed by atoms with Crippen LogP contribution in [0.5, 0.6) is 5.75 Å². The van der Waals surface area contributed by atoms with E-state index in [4.69, 9.17) is 0 Å². The number of phenols is 1. The first-order valence-electron chi connectivity index (χ1n) is 7.64. The van der Waals surface area contributed by atoms with Crippen LogP contribution in [0.25, 0.3) is 22.3 Å². The van der Waals surface area contributed by atoms with Gasteiger partial charge in [0.25, 0.3) is 0 Å². The monoisotopic (exact) mass is 324 g/mol. The third-order valence-electron chi connectivity index (χ3n) is 4.03. The number of imidazole rings is 1. The molecule has 1 saturated carbocycles. The molecule has 0 atom stereocenters. The second-order valence-electron chi connectivity index (χ2n) is 5.63. The minimum atomic E-state index is 0.201. The average molecular weight is 324 g/mol. The van der Waals surface area contributed by atoms with Crippen LogP contribution in [0.2, 0.25) is 0 Å². The molecule has 116 valence electrons. The Morgan fingerprint density at radius 3 is 2.78 bits per heavy atom. The summed E-state index contributed by atoms with van der Waals surface area (Å²) in [6.07, 6.45) is 12.3. The summed E-state index contributed by atoms with van der Waals surface area (Å²) in [6, 6.07) is 5.53. The maximum absolute atomic E-state index is 10.3. The molecule has 2 heterocycles. The van der Waals surface area contributed by atoms with Crippen LogP contribution in [-0.4, -0.2) is 24.9 Å². The zero-order valence-corrected chi connectivity index (χ0v) is 13.3. The smallest absolute Gasteiger partial charge is 0.151 e. The van der Waals surface area contributed by atoms with Crippen LogP contribution >= 0.6 is 11.3 Å². The Morgan fingerprint density at radius 2 is 2.04 bits per heavy atom. The van der Waals surface area contributed by atoms with Crippen LogP contribution in [0.1, 0.15) is 30.7 Å². The Bertz CT molecular complexity index is 843. The quantitative estimate of drug-likeness (QED) is 0.789. The predicted octanol–water partition coefficient (Wildman–Crippen LogP) is 4.05. The van der Waals surface area contributed by atoms with E-state index in [2.05, 4.69) is 21.3 Å². The molecule has 2 aromatic heterocycles. The maximum Gasteiger partial charge on any atom is 0.151 e. The highest BCUT2D eigenvalue weighted by Crippen LogP contribution is 2.34. The van der Waals surface area contributed by atoms with E-state index in [0.29, 0.717) is 5.56 Å². The van der Waals surface area contributed by atoms with Gasteiger partial charge in [-0.05, 0) is 43.9 Å². The van der Waals surface area contributed by atoms with Crippen molar-refractivity contribution in [3.8, 4) is 22.0 Å². The van der Waals surface area contributed by atoms with E-state index < -0.39 is 0 Å². The Balaban J connectivity index is 1.63. The first kappa shape index (κ1) is 14.1. The van der Waals surface area contributed by atoms with Gasteiger partial charge in [-0.15, -0.1) is 10.2 Å². The lowest BCUT2D eigenvalue weighted by Crippen LogP contribution is -1.90. The zero-order chi connectivity index (χ0) is 15.6. The fourth-order valence-corrected chi connectivity index (χ4v) is 3.69. The Hall–Kier alpha value is -2.47. The summed E-state index contributed by atoms with van der Waals surface area (Å²) in [5.41, 5.74) is 3.02. The summed E-state index contributed by atoms with van der Waals surface area (Å²) in [5.74, 6) is 0.201. The Morgan fingerprint density at radius 1 is 1.17 bits per heavy atom. The number of phenolic OH excluding ortho intramolecular Hbond substituents is 1. The van der Waals surface area contributed by atoms with Crippen molar-refractivity contribution in [3.63, 3.8) is 0 Å². The van der Waals surface area contributed by atoms with E-state index >= 15 is 0 Å². The van der Waals surface area contributed by atoms with Gasteiger partial charge >= 0.3 is 0 Å². The fourth-order valence-electron chi connectivity index (χ4n) is 2.82. The highest BCUT2D eigenvalue weighted by atomic mass is 32.1. The van der Waals surface area contributed by atoms with Crippen LogP contribution < -0.4 is 0 Å². The molecule has 0 aliphatic heterocycles. The third kappa shape index (κ3) is 2.90. The van der Waals surface area contributed by atoms with E-state index in [0.717, 1.165) is 15.7 Å². The number of aromatic nitrogens is 4. The SMILES string of the molecule is Oc1cc(-n2ccnc2)ccc1-c1nnc(C=C2CCCC2)s1. The first-order valence-corrected chi connectivity index (χ1v) is 8.46. The summed E-state index contributed by atoms with van der Waals surface area (Å²) in [6.45, 7) is 0. The molecule has 4 rings (SSSR count). The van der Waals surface area contributed by atoms with Gasteiger partial charge in [0.15, 0.2) is 5.01 Å². The van der Waals surface area contributed by atoms with Gasteiger partial charge in [-0.3, -0.25) is 0 Å². The molecule has 0 amide bonds. The molecule has 1 aromatic carbocycles. The molecule has 1 N–H and O–H groups in total. The van der Waals surface area contributed by atoms with Crippen LogP contribution in [0.3, 0.4) is 0 Å². The van der Waals surface area contributed by atoms with E-state index in [1.165, 1.54) is 42.6 Å². The van der Waals surface area contributed by atoms with Gasteiger partial charge in [0.2, 0.25) is 0 Å².